The Morgan fingerprint density at radius 2 is 1.67 bits per heavy atom. The molecule has 2 aromatic rings. The molecule has 1 atom stereocenters. The average Bonchev–Trinajstić information content (AvgIpc) is 2.98. The zero-order valence-electron chi connectivity index (χ0n) is 17.8. The minimum absolute atomic E-state index is 0.0684. The van der Waals surface area contributed by atoms with Gasteiger partial charge in [0.2, 0.25) is 5.91 Å². The molecule has 0 aliphatic carbocycles. The summed E-state index contributed by atoms with van der Waals surface area (Å²) in [5.74, 6) is -1.86. The number of thiocarbonyl (C=S) groups is 1. The van der Waals surface area contributed by atoms with Crippen molar-refractivity contribution < 1.29 is 23.9 Å². The van der Waals surface area contributed by atoms with Gasteiger partial charge in [-0.3, -0.25) is 24.7 Å². The normalized spacial score (nSPS) is 15.4. The number of hydrogen-bond acceptors (Lipinski definition) is 6. The standard InChI is InChI=1S/C22H21ClN4O5S/c1-3-32-21(31)14-6-10-16(11-7-14)24-18(28)12-17-20(30)26(2)22(33)27(17)25-19(29)13-4-8-15(23)9-5-13/h4-11,17H,3,12H2,1-2H3,(H,24,28)(H,25,29)/t17-/m0/s1. The second-order valence-electron chi connectivity index (χ2n) is 7.06. The number of nitrogens with zero attached hydrogens (tertiary/aromatic N) is 2. The summed E-state index contributed by atoms with van der Waals surface area (Å²) < 4.78 is 4.92. The summed E-state index contributed by atoms with van der Waals surface area (Å²) in [5, 5.41) is 4.42. The van der Waals surface area contributed by atoms with Crippen molar-refractivity contribution in [2.45, 2.75) is 19.4 Å². The molecule has 9 nitrogen and oxygen atoms in total. The van der Waals surface area contributed by atoms with E-state index in [2.05, 4.69) is 10.7 Å². The van der Waals surface area contributed by atoms with Gasteiger partial charge in [0.05, 0.1) is 18.6 Å². The number of ether oxygens (including phenoxy) is 1. The summed E-state index contributed by atoms with van der Waals surface area (Å²) in [7, 11) is 1.47. The number of hydrazine groups is 1. The summed E-state index contributed by atoms with van der Waals surface area (Å²) in [6.07, 6.45) is -0.260. The number of rotatable bonds is 7. The van der Waals surface area contributed by atoms with Gasteiger partial charge in [-0.05, 0) is 67.7 Å². The molecule has 1 aliphatic heterocycles. The second-order valence-corrected chi connectivity index (χ2v) is 7.87. The monoisotopic (exact) mass is 488 g/mol. The molecule has 0 radical (unpaired) electrons. The molecule has 3 amide bonds. The Morgan fingerprint density at radius 3 is 2.27 bits per heavy atom. The number of nitrogens with one attached hydrogen (secondary N) is 2. The van der Waals surface area contributed by atoms with Crippen LogP contribution in [0.25, 0.3) is 0 Å². The van der Waals surface area contributed by atoms with Crippen LogP contribution in [0.4, 0.5) is 5.69 Å². The van der Waals surface area contributed by atoms with Gasteiger partial charge in [-0.15, -0.1) is 0 Å². The predicted molar refractivity (Wildman–Crippen MR) is 126 cm³/mol. The molecular weight excluding hydrogens is 468 g/mol. The molecule has 0 spiro atoms. The molecule has 1 aliphatic rings. The third-order valence-electron chi connectivity index (χ3n) is 4.81. The van der Waals surface area contributed by atoms with Gasteiger partial charge in [-0.2, -0.15) is 0 Å². The number of anilines is 1. The lowest BCUT2D eigenvalue weighted by atomic mass is 10.1. The first-order chi connectivity index (χ1) is 15.7. The van der Waals surface area contributed by atoms with Crippen LogP contribution in [0, 0.1) is 0 Å². The quantitative estimate of drug-likeness (QED) is 0.455. The zero-order valence-corrected chi connectivity index (χ0v) is 19.4. The maximum atomic E-state index is 12.7. The highest BCUT2D eigenvalue weighted by Gasteiger charge is 2.42. The van der Waals surface area contributed by atoms with Crippen molar-refractivity contribution in [2.24, 2.45) is 0 Å². The van der Waals surface area contributed by atoms with Gasteiger partial charge in [0.1, 0.15) is 6.04 Å². The molecule has 2 N–H and O–H groups in total. The highest BCUT2D eigenvalue weighted by molar-refractivity contribution is 7.80. The van der Waals surface area contributed by atoms with E-state index in [0.29, 0.717) is 21.8 Å². The number of carbonyl (C=O) groups is 4. The van der Waals surface area contributed by atoms with Crippen LogP contribution in [0.3, 0.4) is 0 Å². The van der Waals surface area contributed by atoms with Crippen molar-refractivity contribution >= 4 is 58.3 Å². The molecule has 0 bridgehead atoms. The third kappa shape index (κ3) is 5.65. The smallest absolute Gasteiger partial charge is 0.338 e. The first-order valence-electron chi connectivity index (χ1n) is 9.95. The summed E-state index contributed by atoms with van der Waals surface area (Å²) in [5.41, 5.74) is 3.69. The van der Waals surface area contributed by atoms with Gasteiger partial charge in [0, 0.05) is 23.3 Å². The first kappa shape index (κ1) is 24.1. The maximum Gasteiger partial charge on any atom is 0.338 e. The van der Waals surface area contributed by atoms with E-state index < -0.39 is 29.7 Å². The first-order valence-corrected chi connectivity index (χ1v) is 10.7. The molecule has 0 unspecified atom stereocenters. The molecular formula is C22H21ClN4O5S. The average molecular weight is 489 g/mol. The Kier molecular flexibility index (Phi) is 7.62. The van der Waals surface area contributed by atoms with Crippen LogP contribution < -0.4 is 10.7 Å². The highest BCUT2D eigenvalue weighted by Crippen LogP contribution is 2.19. The molecule has 0 aromatic heterocycles. The number of halogens is 1. The molecule has 0 saturated carbocycles. The number of amides is 3. The van der Waals surface area contributed by atoms with Crippen molar-refractivity contribution in [1.29, 1.82) is 0 Å². The number of hydrogen-bond donors (Lipinski definition) is 2. The summed E-state index contributed by atoms with van der Waals surface area (Å²) in [6.45, 7) is 1.97. The number of likely N-dealkylation sites (N-methyl/N-ethyl adjacent to an activating group) is 1. The lowest BCUT2D eigenvalue weighted by molar-refractivity contribution is -0.130. The molecule has 172 valence electrons. The van der Waals surface area contributed by atoms with E-state index in [9.17, 15) is 19.2 Å². The molecule has 1 heterocycles. The van der Waals surface area contributed by atoms with Crippen LogP contribution in [0.1, 0.15) is 34.1 Å². The molecule has 3 rings (SSSR count). The molecule has 33 heavy (non-hydrogen) atoms. The molecule has 1 saturated heterocycles. The van der Waals surface area contributed by atoms with Crippen LogP contribution in [-0.4, -0.2) is 58.4 Å². The van der Waals surface area contributed by atoms with Crippen molar-refractivity contribution in [3.05, 3.63) is 64.7 Å². The predicted octanol–water partition coefficient (Wildman–Crippen LogP) is 2.62. The van der Waals surface area contributed by atoms with E-state index in [4.69, 9.17) is 28.6 Å². The minimum atomic E-state index is -1.02. The van der Waals surface area contributed by atoms with Crippen LogP contribution in [-0.2, 0) is 14.3 Å². The highest BCUT2D eigenvalue weighted by atomic mass is 35.5. The van der Waals surface area contributed by atoms with E-state index in [1.807, 2.05) is 0 Å². The van der Waals surface area contributed by atoms with E-state index >= 15 is 0 Å². The van der Waals surface area contributed by atoms with Crippen molar-refractivity contribution in [1.82, 2.24) is 15.3 Å². The van der Waals surface area contributed by atoms with Crippen molar-refractivity contribution in [3.8, 4) is 0 Å². The van der Waals surface area contributed by atoms with Crippen LogP contribution in [0.15, 0.2) is 48.5 Å². The number of esters is 1. The van der Waals surface area contributed by atoms with Crippen molar-refractivity contribution in [3.63, 3.8) is 0 Å². The Bertz CT molecular complexity index is 1090. The Balaban J connectivity index is 1.67. The molecule has 2 aromatic carbocycles. The second kappa shape index (κ2) is 10.4. The zero-order chi connectivity index (χ0) is 24.1. The van der Waals surface area contributed by atoms with E-state index in [1.54, 1.807) is 31.2 Å². The lowest BCUT2D eigenvalue weighted by Crippen LogP contribution is -2.49. The fourth-order valence-corrected chi connectivity index (χ4v) is 3.48. The van der Waals surface area contributed by atoms with Gasteiger partial charge in [-0.25, -0.2) is 9.80 Å². The Morgan fingerprint density at radius 1 is 1.06 bits per heavy atom. The van der Waals surface area contributed by atoms with Gasteiger partial charge in [0.15, 0.2) is 5.11 Å². The van der Waals surface area contributed by atoms with Crippen LogP contribution in [0.2, 0.25) is 5.02 Å². The third-order valence-corrected chi connectivity index (χ3v) is 5.53. The van der Waals surface area contributed by atoms with E-state index in [0.717, 1.165) is 0 Å². The Labute approximate surface area is 200 Å². The maximum absolute atomic E-state index is 12.7. The fourth-order valence-electron chi connectivity index (χ4n) is 3.09. The van der Waals surface area contributed by atoms with Gasteiger partial charge in [0.25, 0.3) is 11.8 Å². The van der Waals surface area contributed by atoms with E-state index in [1.165, 1.54) is 41.2 Å². The largest absolute Gasteiger partial charge is 0.462 e. The topological polar surface area (TPSA) is 108 Å². The summed E-state index contributed by atoms with van der Waals surface area (Å²) in [6, 6.07) is 11.3. The van der Waals surface area contributed by atoms with Gasteiger partial charge < -0.3 is 10.1 Å². The number of benzene rings is 2. The summed E-state index contributed by atoms with van der Waals surface area (Å²) >= 11 is 11.1. The Hall–Kier alpha value is -3.50. The lowest BCUT2D eigenvalue weighted by Gasteiger charge is -2.24. The van der Waals surface area contributed by atoms with Crippen LogP contribution >= 0.6 is 23.8 Å². The summed E-state index contributed by atoms with van der Waals surface area (Å²) in [4.78, 5) is 50.8. The SMILES string of the molecule is CCOC(=O)c1ccc(NC(=O)C[C@H]2C(=O)N(C)C(=S)N2NC(=O)c2ccc(Cl)cc2)cc1. The van der Waals surface area contributed by atoms with Gasteiger partial charge in [-0.1, -0.05) is 11.6 Å². The van der Waals surface area contributed by atoms with Crippen molar-refractivity contribution in [2.75, 3.05) is 19.0 Å². The fraction of sp³-hybridized carbons (Fsp3) is 0.227. The van der Waals surface area contributed by atoms with Gasteiger partial charge >= 0.3 is 5.97 Å². The van der Waals surface area contributed by atoms with Crippen LogP contribution in [0.5, 0.6) is 0 Å². The molecule has 1 fully saturated rings. The van der Waals surface area contributed by atoms with E-state index in [-0.39, 0.29) is 18.1 Å². The minimum Gasteiger partial charge on any atom is -0.462 e. The number of carbonyl (C=O) groups excluding carboxylic acids is 4. The molecule has 11 heteroatoms.